The van der Waals surface area contributed by atoms with E-state index in [0.717, 1.165) is 55.4 Å². The fourth-order valence-corrected chi connectivity index (χ4v) is 4.36. The number of fused-ring (bicyclic) bond motifs is 1. The zero-order valence-electron chi connectivity index (χ0n) is 18.6. The predicted molar refractivity (Wildman–Crippen MR) is 125 cm³/mol. The number of guanidine groups is 1. The van der Waals surface area contributed by atoms with Crippen LogP contribution >= 0.6 is 0 Å². The predicted octanol–water partition coefficient (Wildman–Crippen LogP) is 3.57. The first-order valence-corrected chi connectivity index (χ1v) is 11.4. The van der Waals surface area contributed by atoms with Crippen molar-refractivity contribution in [2.75, 3.05) is 26.8 Å². The van der Waals surface area contributed by atoms with Crippen LogP contribution in [0.1, 0.15) is 37.3 Å². The fraction of sp³-hybridized carbons (Fsp3) is 0.480. The maximum absolute atomic E-state index is 5.94. The van der Waals surface area contributed by atoms with Gasteiger partial charge in [0.1, 0.15) is 0 Å². The van der Waals surface area contributed by atoms with E-state index in [9.17, 15) is 0 Å². The summed E-state index contributed by atoms with van der Waals surface area (Å²) in [6.45, 7) is 6.47. The summed E-state index contributed by atoms with van der Waals surface area (Å²) in [5, 5.41) is 7.08. The third-order valence-corrected chi connectivity index (χ3v) is 6.11. The van der Waals surface area contributed by atoms with Gasteiger partial charge in [0.25, 0.3) is 0 Å². The first kappa shape index (κ1) is 21.5. The molecule has 2 aromatic carbocycles. The number of aliphatic imine (C=N–C) groups is 1. The van der Waals surface area contributed by atoms with Crippen LogP contribution in [0.2, 0.25) is 0 Å². The van der Waals surface area contributed by atoms with Crippen LogP contribution in [0, 0.1) is 0 Å². The molecular formula is C25H34N4O2. The van der Waals surface area contributed by atoms with E-state index in [0.29, 0.717) is 31.8 Å². The van der Waals surface area contributed by atoms with Crippen molar-refractivity contribution in [1.29, 1.82) is 0 Å². The molecule has 1 fully saturated rings. The van der Waals surface area contributed by atoms with Crippen LogP contribution in [0.5, 0.6) is 11.5 Å². The Balaban J connectivity index is 1.29. The molecule has 2 aromatic rings. The molecule has 1 saturated heterocycles. The van der Waals surface area contributed by atoms with E-state index >= 15 is 0 Å². The number of nitrogens with zero attached hydrogens (tertiary/aromatic N) is 2. The maximum atomic E-state index is 5.94. The van der Waals surface area contributed by atoms with Crippen LogP contribution in [-0.2, 0) is 13.1 Å². The molecule has 0 amide bonds. The van der Waals surface area contributed by atoms with Crippen molar-refractivity contribution >= 4 is 5.96 Å². The number of piperidine rings is 1. The molecule has 0 spiro atoms. The maximum Gasteiger partial charge on any atom is 0.191 e. The zero-order valence-corrected chi connectivity index (χ0v) is 18.6. The lowest BCUT2D eigenvalue weighted by Crippen LogP contribution is -2.51. The van der Waals surface area contributed by atoms with Gasteiger partial charge in [0.2, 0.25) is 0 Å². The van der Waals surface area contributed by atoms with Gasteiger partial charge >= 0.3 is 0 Å². The topological polar surface area (TPSA) is 58.1 Å². The molecule has 4 rings (SSSR count). The van der Waals surface area contributed by atoms with E-state index in [1.54, 1.807) is 0 Å². The second-order valence-corrected chi connectivity index (χ2v) is 8.39. The van der Waals surface area contributed by atoms with Gasteiger partial charge in [0.15, 0.2) is 17.5 Å². The third-order valence-electron chi connectivity index (χ3n) is 6.11. The second kappa shape index (κ2) is 10.5. The van der Waals surface area contributed by atoms with Crippen LogP contribution in [0.4, 0.5) is 0 Å². The molecule has 166 valence electrons. The summed E-state index contributed by atoms with van der Waals surface area (Å²) in [5.74, 6) is 2.52. The van der Waals surface area contributed by atoms with Crippen LogP contribution in [-0.4, -0.2) is 49.7 Å². The number of likely N-dealkylation sites (tertiary alicyclic amines) is 1. The largest absolute Gasteiger partial charge is 0.490 e. The van der Waals surface area contributed by atoms with Crippen molar-refractivity contribution in [3.63, 3.8) is 0 Å². The lowest BCUT2D eigenvalue weighted by molar-refractivity contribution is 0.134. The number of hydrogen-bond donors (Lipinski definition) is 2. The molecule has 0 saturated carbocycles. The molecule has 0 bridgehead atoms. The Morgan fingerprint density at radius 2 is 1.94 bits per heavy atom. The molecule has 0 radical (unpaired) electrons. The Kier molecular flexibility index (Phi) is 7.30. The molecule has 31 heavy (non-hydrogen) atoms. The van der Waals surface area contributed by atoms with Crippen molar-refractivity contribution in [1.82, 2.24) is 15.5 Å². The number of rotatable bonds is 5. The fourth-order valence-electron chi connectivity index (χ4n) is 4.36. The first-order chi connectivity index (χ1) is 15.2. The standard InChI is InChI=1S/C25H34N4O2/c1-19-16-22(12-13-29(19)18-20-8-4-3-5-9-20)28-25(26-2)27-17-21-10-6-11-23-24(21)31-15-7-14-30-23/h3-6,8-11,19,22H,7,12-18H2,1-2H3,(H2,26,27,28). The lowest BCUT2D eigenvalue weighted by atomic mass is 9.97. The molecule has 2 N–H and O–H groups in total. The zero-order chi connectivity index (χ0) is 21.5. The first-order valence-electron chi connectivity index (χ1n) is 11.4. The minimum atomic E-state index is 0.417. The SMILES string of the molecule is CN=C(NCc1cccc2c1OCCCO2)NC1CCN(Cc2ccccc2)C(C)C1. The van der Waals surface area contributed by atoms with Crippen molar-refractivity contribution in [3.05, 3.63) is 59.7 Å². The second-order valence-electron chi connectivity index (χ2n) is 8.39. The molecule has 2 aliphatic heterocycles. The minimum Gasteiger partial charge on any atom is -0.490 e. The van der Waals surface area contributed by atoms with Crippen LogP contribution < -0.4 is 20.1 Å². The highest BCUT2D eigenvalue weighted by molar-refractivity contribution is 5.80. The van der Waals surface area contributed by atoms with Gasteiger partial charge in [-0.3, -0.25) is 9.89 Å². The quantitative estimate of drug-likeness (QED) is 0.570. The number of para-hydroxylation sites is 1. The molecule has 2 heterocycles. The van der Waals surface area contributed by atoms with Gasteiger partial charge in [-0.05, 0) is 31.4 Å². The minimum absolute atomic E-state index is 0.417. The van der Waals surface area contributed by atoms with E-state index in [-0.39, 0.29) is 0 Å². The summed E-state index contributed by atoms with van der Waals surface area (Å²) >= 11 is 0. The van der Waals surface area contributed by atoms with Gasteiger partial charge in [-0.1, -0.05) is 42.5 Å². The third kappa shape index (κ3) is 5.70. The summed E-state index contributed by atoms with van der Waals surface area (Å²) in [6, 6.07) is 17.8. The van der Waals surface area contributed by atoms with Crippen LogP contribution in [0.25, 0.3) is 0 Å². The number of hydrogen-bond acceptors (Lipinski definition) is 4. The summed E-state index contributed by atoms with van der Waals surface area (Å²) in [7, 11) is 1.83. The Morgan fingerprint density at radius 1 is 1.10 bits per heavy atom. The van der Waals surface area contributed by atoms with E-state index < -0.39 is 0 Å². The Hall–Kier alpha value is -2.73. The molecule has 6 heteroatoms. The summed E-state index contributed by atoms with van der Waals surface area (Å²) < 4.78 is 11.7. The van der Waals surface area contributed by atoms with E-state index in [1.807, 2.05) is 19.2 Å². The Bertz CT molecular complexity index is 871. The smallest absolute Gasteiger partial charge is 0.191 e. The van der Waals surface area contributed by atoms with Gasteiger partial charge in [0, 0.05) is 50.7 Å². The average molecular weight is 423 g/mol. The molecule has 2 atom stereocenters. The highest BCUT2D eigenvalue weighted by Gasteiger charge is 2.26. The van der Waals surface area contributed by atoms with Crippen molar-refractivity contribution in [2.24, 2.45) is 4.99 Å². The van der Waals surface area contributed by atoms with E-state index in [1.165, 1.54) is 5.56 Å². The van der Waals surface area contributed by atoms with Crippen molar-refractivity contribution in [3.8, 4) is 11.5 Å². The number of benzene rings is 2. The van der Waals surface area contributed by atoms with Crippen molar-refractivity contribution < 1.29 is 9.47 Å². The Labute approximate surface area is 185 Å². The Morgan fingerprint density at radius 3 is 2.74 bits per heavy atom. The monoisotopic (exact) mass is 422 g/mol. The molecular weight excluding hydrogens is 388 g/mol. The van der Waals surface area contributed by atoms with Gasteiger partial charge in [-0.15, -0.1) is 0 Å². The van der Waals surface area contributed by atoms with Gasteiger partial charge in [0.05, 0.1) is 13.2 Å². The molecule has 2 aliphatic rings. The van der Waals surface area contributed by atoms with Crippen LogP contribution in [0.15, 0.2) is 53.5 Å². The van der Waals surface area contributed by atoms with Gasteiger partial charge in [-0.2, -0.15) is 0 Å². The van der Waals surface area contributed by atoms with Gasteiger partial charge < -0.3 is 20.1 Å². The lowest BCUT2D eigenvalue weighted by Gasteiger charge is -2.38. The highest BCUT2D eigenvalue weighted by atomic mass is 16.5. The molecule has 0 aromatic heterocycles. The molecule has 0 aliphatic carbocycles. The summed E-state index contributed by atoms with van der Waals surface area (Å²) in [4.78, 5) is 7.02. The van der Waals surface area contributed by atoms with Crippen LogP contribution in [0.3, 0.4) is 0 Å². The number of ether oxygens (including phenoxy) is 2. The van der Waals surface area contributed by atoms with E-state index in [2.05, 4.69) is 63.8 Å². The average Bonchev–Trinajstić information content (AvgIpc) is 3.05. The molecule has 6 nitrogen and oxygen atoms in total. The number of nitrogens with one attached hydrogen (secondary N) is 2. The van der Waals surface area contributed by atoms with E-state index in [4.69, 9.17) is 9.47 Å². The van der Waals surface area contributed by atoms with Gasteiger partial charge in [-0.25, -0.2) is 0 Å². The normalized spacial score (nSPS) is 21.9. The molecule has 2 unspecified atom stereocenters. The summed E-state index contributed by atoms with van der Waals surface area (Å²) in [5.41, 5.74) is 2.47. The summed E-state index contributed by atoms with van der Waals surface area (Å²) in [6.07, 6.45) is 3.12. The highest BCUT2D eigenvalue weighted by Crippen LogP contribution is 2.33. The van der Waals surface area contributed by atoms with Crippen molar-refractivity contribution in [2.45, 2.75) is 51.4 Å².